The Balaban J connectivity index is 1.66. The van der Waals surface area contributed by atoms with Crippen molar-refractivity contribution in [2.75, 3.05) is 0 Å². The maximum absolute atomic E-state index is 11.9. The van der Waals surface area contributed by atoms with E-state index in [9.17, 15) is 4.79 Å². The molecule has 1 N–H and O–H groups in total. The van der Waals surface area contributed by atoms with Crippen LogP contribution in [0.15, 0.2) is 29.8 Å². The largest absolute Gasteiger partial charge is 0.444 e. The van der Waals surface area contributed by atoms with E-state index in [0.29, 0.717) is 0 Å². The second kappa shape index (κ2) is 5.72. The maximum atomic E-state index is 11.9. The molecule has 0 aliphatic heterocycles. The van der Waals surface area contributed by atoms with Crippen LogP contribution < -0.4 is 5.32 Å². The summed E-state index contributed by atoms with van der Waals surface area (Å²) < 4.78 is 5.31. The topological polar surface area (TPSA) is 51.2 Å². The van der Waals surface area contributed by atoms with Crippen molar-refractivity contribution in [1.82, 2.24) is 10.3 Å². The predicted molar refractivity (Wildman–Crippen MR) is 90.0 cm³/mol. The van der Waals surface area contributed by atoms with Gasteiger partial charge in [0.05, 0.1) is 0 Å². The van der Waals surface area contributed by atoms with Gasteiger partial charge in [0.2, 0.25) is 0 Å². The van der Waals surface area contributed by atoms with Gasteiger partial charge in [-0.1, -0.05) is 6.08 Å². The summed E-state index contributed by atoms with van der Waals surface area (Å²) in [6.07, 6.45) is 5.35. The highest BCUT2D eigenvalue weighted by atomic mass is 32.1. The average Bonchev–Trinajstić information content (AvgIpc) is 3.02. The Hall–Kier alpha value is -1.88. The number of alkyl carbamates (subject to hydrolysis) is 1. The molecule has 0 radical (unpaired) electrons. The lowest BCUT2D eigenvalue weighted by Crippen LogP contribution is -2.38. The van der Waals surface area contributed by atoms with Crippen LogP contribution in [0.1, 0.15) is 39.2 Å². The summed E-state index contributed by atoms with van der Waals surface area (Å²) >= 11 is 1.66. The van der Waals surface area contributed by atoms with Crippen molar-refractivity contribution in [3.05, 3.63) is 35.3 Å². The first-order chi connectivity index (χ1) is 10.4. The van der Waals surface area contributed by atoms with Crippen molar-refractivity contribution in [3.8, 4) is 0 Å². The first-order valence-electron chi connectivity index (χ1n) is 7.43. The number of hydrogen-bond donors (Lipinski definition) is 1. The SMILES string of the molecule is CC(C)(C)OC(=O)NC1CC=C(c2csc3ncccc23)C1. The Bertz CT molecular complexity index is 728. The van der Waals surface area contributed by atoms with Crippen LogP contribution in [-0.4, -0.2) is 22.7 Å². The number of fused-ring (bicyclic) bond motifs is 1. The standard InChI is InChI=1S/C17H20N2O2S/c1-17(2,3)21-16(20)19-12-7-6-11(9-12)14-10-22-15-13(14)5-4-8-18-15/h4-6,8,10,12H,7,9H2,1-3H3,(H,19,20). The Morgan fingerprint density at radius 1 is 1.45 bits per heavy atom. The number of amides is 1. The molecule has 22 heavy (non-hydrogen) atoms. The van der Waals surface area contributed by atoms with E-state index in [4.69, 9.17) is 4.74 Å². The number of carbonyl (C=O) groups is 1. The molecule has 0 spiro atoms. The van der Waals surface area contributed by atoms with Crippen LogP contribution in [0.25, 0.3) is 15.8 Å². The van der Waals surface area contributed by atoms with E-state index < -0.39 is 5.60 Å². The van der Waals surface area contributed by atoms with Gasteiger partial charge in [0.1, 0.15) is 10.4 Å². The van der Waals surface area contributed by atoms with Gasteiger partial charge in [0, 0.05) is 23.0 Å². The summed E-state index contributed by atoms with van der Waals surface area (Å²) in [4.78, 5) is 17.3. The molecule has 1 aliphatic rings. The van der Waals surface area contributed by atoms with Gasteiger partial charge in [0.25, 0.3) is 0 Å². The van der Waals surface area contributed by atoms with E-state index in [1.54, 1.807) is 11.3 Å². The maximum Gasteiger partial charge on any atom is 0.407 e. The van der Waals surface area contributed by atoms with Crippen LogP contribution >= 0.6 is 11.3 Å². The number of carbonyl (C=O) groups excluding carboxylic acids is 1. The number of nitrogens with one attached hydrogen (secondary N) is 1. The van der Waals surface area contributed by atoms with Gasteiger partial charge in [-0.25, -0.2) is 9.78 Å². The molecule has 1 amide bonds. The minimum absolute atomic E-state index is 0.108. The fourth-order valence-electron chi connectivity index (χ4n) is 2.64. The van der Waals surface area contributed by atoms with Crippen molar-refractivity contribution in [3.63, 3.8) is 0 Å². The molecule has 0 saturated carbocycles. The molecule has 1 aliphatic carbocycles. The molecule has 2 aromatic rings. The molecule has 0 bridgehead atoms. The minimum Gasteiger partial charge on any atom is -0.444 e. The summed E-state index contributed by atoms with van der Waals surface area (Å²) in [5.74, 6) is 0. The van der Waals surface area contributed by atoms with Crippen LogP contribution in [0, 0.1) is 0 Å². The molecular formula is C17H20N2O2S. The van der Waals surface area contributed by atoms with Crippen molar-refractivity contribution >= 4 is 33.2 Å². The number of pyridine rings is 1. The summed E-state index contributed by atoms with van der Waals surface area (Å²) in [5.41, 5.74) is 2.05. The number of rotatable bonds is 2. The highest BCUT2D eigenvalue weighted by molar-refractivity contribution is 7.17. The van der Waals surface area contributed by atoms with Crippen LogP contribution in [-0.2, 0) is 4.74 Å². The molecule has 2 heterocycles. The molecule has 0 saturated heterocycles. The quantitative estimate of drug-likeness (QED) is 0.895. The number of nitrogens with zero attached hydrogens (tertiary/aromatic N) is 1. The lowest BCUT2D eigenvalue weighted by atomic mass is 10.0. The first kappa shape index (κ1) is 15.0. The Kier molecular flexibility index (Phi) is 3.91. The lowest BCUT2D eigenvalue weighted by molar-refractivity contribution is 0.0507. The summed E-state index contributed by atoms with van der Waals surface area (Å²) in [5, 5.41) is 6.29. The Morgan fingerprint density at radius 2 is 2.27 bits per heavy atom. The van der Waals surface area contributed by atoms with E-state index in [0.717, 1.165) is 17.7 Å². The molecule has 0 aromatic carbocycles. The third-order valence-electron chi connectivity index (χ3n) is 3.53. The molecule has 1 unspecified atom stereocenters. The van der Waals surface area contributed by atoms with Gasteiger partial charge < -0.3 is 10.1 Å². The van der Waals surface area contributed by atoms with E-state index in [1.165, 1.54) is 16.5 Å². The van der Waals surface area contributed by atoms with E-state index >= 15 is 0 Å². The third kappa shape index (κ3) is 3.30. The summed E-state index contributed by atoms with van der Waals surface area (Å²) in [7, 11) is 0. The van der Waals surface area contributed by atoms with Crippen molar-refractivity contribution < 1.29 is 9.53 Å². The van der Waals surface area contributed by atoms with Gasteiger partial charge in [-0.05, 0) is 56.9 Å². The molecule has 1 atom stereocenters. The number of thiophene rings is 1. The van der Waals surface area contributed by atoms with Crippen LogP contribution in [0.3, 0.4) is 0 Å². The third-order valence-corrected chi connectivity index (χ3v) is 4.43. The number of ether oxygens (including phenoxy) is 1. The monoisotopic (exact) mass is 316 g/mol. The smallest absolute Gasteiger partial charge is 0.407 e. The molecular weight excluding hydrogens is 296 g/mol. The van der Waals surface area contributed by atoms with Crippen LogP contribution in [0.4, 0.5) is 4.79 Å². The van der Waals surface area contributed by atoms with E-state index in [-0.39, 0.29) is 12.1 Å². The zero-order valence-electron chi connectivity index (χ0n) is 13.1. The normalized spacial score (nSPS) is 18.3. The molecule has 0 fully saturated rings. The number of hydrogen-bond acceptors (Lipinski definition) is 4. The van der Waals surface area contributed by atoms with E-state index in [1.807, 2.05) is 33.0 Å². The van der Waals surface area contributed by atoms with Crippen LogP contribution in [0.2, 0.25) is 0 Å². The zero-order valence-corrected chi connectivity index (χ0v) is 13.9. The zero-order chi connectivity index (χ0) is 15.7. The fraction of sp³-hybridized carbons (Fsp3) is 0.412. The van der Waals surface area contributed by atoms with Crippen molar-refractivity contribution in [2.24, 2.45) is 0 Å². The van der Waals surface area contributed by atoms with Crippen LogP contribution in [0.5, 0.6) is 0 Å². The molecule has 2 aromatic heterocycles. The molecule has 5 heteroatoms. The number of aromatic nitrogens is 1. The lowest BCUT2D eigenvalue weighted by Gasteiger charge is -2.21. The molecule has 4 nitrogen and oxygen atoms in total. The van der Waals surface area contributed by atoms with Crippen molar-refractivity contribution in [1.29, 1.82) is 0 Å². The molecule has 116 valence electrons. The second-order valence-corrected chi connectivity index (χ2v) is 7.38. The Labute approximate surface area is 134 Å². The minimum atomic E-state index is -0.464. The van der Waals surface area contributed by atoms with Gasteiger partial charge in [-0.15, -0.1) is 11.3 Å². The van der Waals surface area contributed by atoms with Gasteiger partial charge in [-0.2, -0.15) is 0 Å². The Morgan fingerprint density at radius 3 is 3.05 bits per heavy atom. The van der Waals surface area contributed by atoms with E-state index in [2.05, 4.69) is 27.8 Å². The summed E-state index contributed by atoms with van der Waals surface area (Å²) in [6.45, 7) is 5.61. The summed E-state index contributed by atoms with van der Waals surface area (Å²) in [6, 6.07) is 4.17. The van der Waals surface area contributed by atoms with Crippen molar-refractivity contribution in [2.45, 2.75) is 45.3 Å². The highest BCUT2D eigenvalue weighted by Gasteiger charge is 2.24. The second-order valence-electron chi connectivity index (χ2n) is 6.52. The van der Waals surface area contributed by atoms with Gasteiger partial charge in [-0.3, -0.25) is 0 Å². The fourth-order valence-corrected chi connectivity index (χ4v) is 3.57. The molecule has 3 rings (SSSR count). The highest BCUT2D eigenvalue weighted by Crippen LogP contribution is 2.35. The van der Waals surface area contributed by atoms with Gasteiger partial charge >= 0.3 is 6.09 Å². The van der Waals surface area contributed by atoms with Gasteiger partial charge in [0.15, 0.2) is 0 Å². The first-order valence-corrected chi connectivity index (χ1v) is 8.31. The predicted octanol–water partition coefficient (Wildman–Crippen LogP) is 4.37. The average molecular weight is 316 g/mol.